The highest BCUT2D eigenvalue weighted by Gasteiger charge is 2.04. The molecule has 0 aliphatic heterocycles. The summed E-state index contributed by atoms with van der Waals surface area (Å²) in [4.78, 5) is 19.3. The maximum atomic E-state index is 10.7. The van der Waals surface area contributed by atoms with Crippen LogP contribution in [0.15, 0.2) is 36.7 Å². The zero-order valence-electron chi connectivity index (χ0n) is 9.92. The molecule has 0 saturated heterocycles. The van der Waals surface area contributed by atoms with Gasteiger partial charge in [-0.05, 0) is 17.5 Å². The highest BCUT2D eigenvalue weighted by molar-refractivity contribution is 5.77. The minimum atomic E-state index is 0.422. The maximum Gasteiger partial charge on any atom is 0.159 e. The van der Waals surface area contributed by atoms with Gasteiger partial charge < -0.3 is 0 Å². The fourth-order valence-corrected chi connectivity index (χ4v) is 1.54. The highest BCUT2D eigenvalue weighted by Crippen LogP contribution is 2.17. The molecule has 3 heteroatoms. The first-order valence-electron chi connectivity index (χ1n) is 5.58. The second-order valence-electron chi connectivity index (χ2n) is 4.24. The highest BCUT2D eigenvalue weighted by atomic mass is 16.1. The first kappa shape index (κ1) is 11.5. The normalized spacial score (nSPS) is 10.5. The SMILES string of the molecule is CC(C)c1cnc(-c2cccc(C=O)c2)nc1. The molecule has 0 radical (unpaired) electrons. The first-order valence-corrected chi connectivity index (χ1v) is 5.58. The van der Waals surface area contributed by atoms with Gasteiger partial charge in [-0.15, -0.1) is 0 Å². The predicted molar refractivity (Wildman–Crippen MR) is 66.9 cm³/mol. The molecule has 0 aliphatic rings. The van der Waals surface area contributed by atoms with Crippen LogP contribution in [0, 0.1) is 0 Å². The fourth-order valence-electron chi connectivity index (χ4n) is 1.54. The van der Waals surface area contributed by atoms with Gasteiger partial charge in [-0.1, -0.05) is 32.0 Å². The van der Waals surface area contributed by atoms with Crippen molar-refractivity contribution in [3.05, 3.63) is 47.8 Å². The minimum absolute atomic E-state index is 0.422. The summed E-state index contributed by atoms with van der Waals surface area (Å²) in [6.45, 7) is 4.21. The van der Waals surface area contributed by atoms with Crippen LogP contribution in [0.25, 0.3) is 11.4 Å². The van der Waals surface area contributed by atoms with Crippen molar-refractivity contribution in [2.24, 2.45) is 0 Å². The number of nitrogens with zero attached hydrogens (tertiary/aromatic N) is 2. The number of carbonyl (C=O) groups excluding carboxylic acids is 1. The summed E-state index contributed by atoms with van der Waals surface area (Å²) >= 11 is 0. The average Bonchev–Trinajstić information content (AvgIpc) is 2.39. The summed E-state index contributed by atoms with van der Waals surface area (Å²) in [5.41, 5.74) is 2.62. The molecular formula is C14H14N2O. The molecule has 0 unspecified atom stereocenters. The van der Waals surface area contributed by atoms with Gasteiger partial charge in [-0.2, -0.15) is 0 Å². The van der Waals surface area contributed by atoms with Crippen LogP contribution in [0.2, 0.25) is 0 Å². The van der Waals surface area contributed by atoms with Crippen molar-refractivity contribution in [1.29, 1.82) is 0 Å². The minimum Gasteiger partial charge on any atom is -0.298 e. The molecule has 0 aliphatic carbocycles. The molecule has 1 aromatic heterocycles. The van der Waals surface area contributed by atoms with Gasteiger partial charge in [0.25, 0.3) is 0 Å². The third-order valence-electron chi connectivity index (χ3n) is 2.62. The van der Waals surface area contributed by atoms with Gasteiger partial charge in [0.05, 0.1) is 0 Å². The van der Waals surface area contributed by atoms with Crippen molar-refractivity contribution in [2.75, 3.05) is 0 Å². The molecule has 0 atom stereocenters. The van der Waals surface area contributed by atoms with Gasteiger partial charge in [-0.25, -0.2) is 9.97 Å². The number of hydrogen-bond donors (Lipinski definition) is 0. The van der Waals surface area contributed by atoms with E-state index < -0.39 is 0 Å². The Balaban J connectivity index is 2.36. The number of rotatable bonds is 3. The summed E-state index contributed by atoms with van der Waals surface area (Å²) in [5, 5.41) is 0. The van der Waals surface area contributed by atoms with Gasteiger partial charge in [0.1, 0.15) is 6.29 Å². The number of aldehydes is 1. The number of carbonyl (C=O) groups is 1. The number of aromatic nitrogens is 2. The van der Waals surface area contributed by atoms with Crippen molar-refractivity contribution < 1.29 is 4.79 Å². The van der Waals surface area contributed by atoms with Gasteiger partial charge in [0.2, 0.25) is 0 Å². The second kappa shape index (κ2) is 4.87. The van der Waals surface area contributed by atoms with E-state index >= 15 is 0 Å². The molecule has 0 N–H and O–H groups in total. The summed E-state index contributed by atoms with van der Waals surface area (Å²) in [5.74, 6) is 1.07. The first-order chi connectivity index (χ1) is 8.20. The molecule has 0 bridgehead atoms. The lowest BCUT2D eigenvalue weighted by atomic mass is 10.1. The molecule has 17 heavy (non-hydrogen) atoms. The summed E-state index contributed by atoms with van der Waals surface area (Å²) in [7, 11) is 0. The molecule has 0 amide bonds. The molecule has 3 nitrogen and oxygen atoms in total. The molecule has 86 valence electrons. The van der Waals surface area contributed by atoms with E-state index in [-0.39, 0.29) is 0 Å². The Morgan fingerprint density at radius 1 is 1.18 bits per heavy atom. The van der Waals surface area contributed by atoms with E-state index in [1.807, 2.05) is 24.5 Å². The van der Waals surface area contributed by atoms with Crippen molar-refractivity contribution >= 4 is 6.29 Å². The van der Waals surface area contributed by atoms with E-state index in [1.165, 1.54) is 0 Å². The zero-order valence-corrected chi connectivity index (χ0v) is 9.92. The van der Waals surface area contributed by atoms with Crippen LogP contribution in [0.5, 0.6) is 0 Å². The molecule has 2 rings (SSSR count). The van der Waals surface area contributed by atoms with E-state index in [9.17, 15) is 4.79 Å². The largest absolute Gasteiger partial charge is 0.298 e. The van der Waals surface area contributed by atoms with E-state index in [1.54, 1.807) is 12.1 Å². The molecule has 0 spiro atoms. The second-order valence-corrected chi connectivity index (χ2v) is 4.24. The van der Waals surface area contributed by atoms with Crippen molar-refractivity contribution in [3.8, 4) is 11.4 Å². The monoisotopic (exact) mass is 226 g/mol. The molecule has 1 aromatic carbocycles. The Morgan fingerprint density at radius 2 is 1.88 bits per heavy atom. The summed E-state index contributed by atoms with van der Waals surface area (Å²) < 4.78 is 0. The Hall–Kier alpha value is -2.03. The van der Waals surface area contributed by atoms with Gasteiger partial charge in [0.15, 0.2) is 5.82 Å². The molecule has 0 fully saturated rings. The molecule has 1 heterocycles. The third kappa shape index (κ3) is 2.56. The standard InChI is InChI=1S/C14H14N2O/c1-10(2)13-7-15-14(16-8-13)12-5-3-4-11(6-12)9-17/h3-10H,1-2H3. The van der Waals surface area contributed by atoms with Crippen LogP contribution < -0.4 is 0 Å². The lowest BCUT2D eigenvalue weighted by Gasteiger charge is -2.05. The topological polar surface area (TPSA) is 42.9 Å². The van der Waals surface area contributed by atoms with Crippen LogP contribution >= 0.6 is 0 Å². The van der Waals surface area contributed by atoms with Crippen molar-refractivity contribution in [2.45, 2.75) is 19.8 Å². The number of benzene rings is 1. The molecular weight excluding hydrogens is 212 g/mol. The van der Waals surface area contributed by atoms with Crippen LogP contribution in [0.3, 0.4) is 0 Å². The van der Waals surface area contributed by atoms with Crippen molar-refractivity contribution in [1.82, 2.24) is 9.97 Å². The van der Waals surface area contributed by atoms with Gasteiger partial charge in [-0.3, -0.25) is 4.79 Å². The Labute approximate surface area is 101 Å². The third-order valence-corrected chi connectivity index (χ3v) is 2.62. The zero-order chi connectivity index (χ0) is 12.3. The van der Waals surface area contributed by atoms with E-state index in [0.717, 1.165) is 17.4 Å². The molecule has 2 aromatic rings. The quantitative estimate of drug-likeness (QED) is 0.755. The number of hydrogen-bond acceptors (Lipinski definition) is 3. The van der Waals surface area contributed by atoms with Gasteiger partial charge >= 0.3 is 0 Å². The Bertz CT molecular complexity index is 518. The predicted octanol–water partition coefficient (Wildman–Crippen LogP) is 3.08. The Morgan fingerprint density at radius 3 is 2.47 bits per heavy atom. The summed E-state index contributed by atoms with van der Waals surface area (Å²) in [6.07, 6.45) is 4.49. The lowest BCUT2D eigenvalue weighted by molar-refractivity contribution is 0.112. The fraction of sp³-hybridized carbons (Fsp3) is 0.214. The average molecular weight is 226 g/mol. The van der Waals surface area contributed by atoms with Crippen LogP contribution in [0.4, 0.5) is 0 Å². The Kier molecular flexibility index (Phi) is 3.28. The van der Waals surface area contributed by atoms with Crippen LogP contribution in [-0.4, -0.2) is 16.3 Å². The summed E-state index contributed by atoms with van der Waals surface area (Å²) in [6, 6.07) is 7.28. The smallest absolute Gasteiger partial charge is 0.159 e. The maximum absolute atomic E-state index is 10.7. The van der Waals surface area contributed by atoms with E-state index in [4.69, 9.17) is 0 Å². The van der Waals surface area contributed by atoms with Gasteiger partial charge in [0, 0.05) is 23.5 Å². The van der Waals surface area contributed by atoms with Crippen LogP contribution in [0.1, 0.15) is 35.7 Å². The lowest BCUT2D eigenvalue weighted by Crippen LogP contribution is -1.94. The van der Waals surface area contributed by atoms with Crippen LogP contribution in [-0.2, 0) is 0 Å². The van der Waals surface area contributed by atoms with Crippen molar-refractivity contribution in [3.63, 3.8) is 0 Å². The van der Waals surface area contributed by atoms with E-state index in [0.29, 0.717) is 17.3 Å². The molecule has 0 saturated carbocycles. The van der Waals surface area contributed by atoms with E-state index in [2.05, 4.69) is 23.8 Å².